The van der Waals surface area contributed by atoms with Crippen molar-refractivity contribution in [1.29, 1.82) is 0 Å². The zero-order valence-electron chi connectivity index (χ0n) is 11.4. The minimum atomic E-state index is -1.13. The molecule has 3 aromatic heterocycles. The molecule has 0 bridgehead atoms. The van der Waals surface area contributed by atoms with Crippen molar-refractivity contribution in [2.75, 3.05) is 0 Å². The van der Waals surface area contributed by atoms with Gasteiger partial charge in [-0.2, -0.15) is 5.10 Å². The molecule has 0 aliphatic heterocycles. The molecule has 3 aromatic rings. The summed E-state index contributed by atoms with van der Waals surface area (Å²) in [5.41, 5.74) is 0.762. The highest BCUT2D eigenvalue weighted by Gasteiger charge is 2.15. The van der Waals surface area contributed by atoms with Crippen molar-refractivity contribution in [3.8, 4) is 0 Å². The van der Waals surface area contributed by atoms with Crippen LogP contribution >= 0.6 is 0 Å². The summed E-state index contributed by atoms with van der Waals surface area (Å²) in [6, 6.07) is 1.60. The van der Waals surface area contributed by atoms with Gasteiger partial charge in [0.05, 0.1) is 12.7 Å². The number of aromatic carboxylic acids is 1. The van der Waals surface area contributed by atoms with Gasteiger partial charge < -0.3 is 9.52 Å². The van der Waals surface area contributed by atoms with Crippen molar-refractivity contribution in [3.63, 3.8) is 0 Å². The van der Waals surface area contributed by atoms with Gasteiger partial charge in [-0.1, -0.05) is 0 Å². The number of nitrogens with zero attached hydrogens (tertiary/aromatic N) is 4. The first kappa shape index (κ1) is 13.1. The quantitative estimate of drug-likeness (QED) is 0.763. The van der Waals surface area contributed by atoms with Crippen molar-refractivity contribution in [3.05, 3.63) is 46.0 Å². The van der Waals surface area contributed by atoms with E-state index in [-0.39, 0.29) is 17.9 Å². The first-order valence-corrected chi connectivity index (χ1v) is 6.17. The maximum absolute atomic E-state index is 12.3. The van der Waals surface area contributed by atoms with Crippen molar-refractivity contribution in [2.24, 2.45) is 7.05 Å². The van der Waals surface area contributed by atoms with E-state index in [0.29, 0.717) is 22.4 Å². The summed E-state index contributed by atoms with van der Waals surface area (Å²) in [7, 11) is 1.70. The van der Waals surface area contributed by atoms with Gasteiger partial charge in [0.1, 0.15) is 17.5 Å². The molecule has 0 saturated heterocycles. The van der Waals surface area contributed by atoms with E-state index in [1.165, 1.54) is 21.8 Å². The van der Waals surface area contributed by atoms with E-state index in [4.69, 9.17) is 9.52 Å². The monoisotopic (exact) mass is 288 g/mol. The Bertz CT molecular complexity index is 903. The number of carboxylic acid groups (broad SMARTS) is 1. The van der Waals surface area contributed by atoms with Gasteiger partial charge in [0, 0.05) is 12.6 Å². The highest BCUT2D eigenvalue weighted by molar-refractivity contribution is 5.86. The summed E-state index contributed by atoms with van der Waals surface area (Å²) in [5.74, 6) is -0.863. The fourth-order valence-corrected chi connectivity index (χ4v) is 2.19. The second kappa shape index (κ2) is 4.58. The molecular formula is C13H12N4O4. The second-order valence-electron chi connectivity index (χ2n) is 4.71. The zero-order chi connectivity index (χ0) is 15.1. The summed E-state index contributed by atoms with van der Waals surface area (Å²) < 4.78 is 8.11. The summed E-state index contributed by atoms with van der Waals surface area (Å²) >= 11 is 0. The van der Waals surface area contributed by atoms with Crippen LogP contribution in [-0.4, -0.2) is 30.4 Å². The Labute approximate surface area is 118 Å². The summed E-state index contributed by atoms with van der Waals surface area (Å²) in [6.45, 7) is 1.76. The number of hydrogen-bond donors (Lipinski definition) is 1. The number of aryl methyl sites for hydroxylation is 2. The second-order valence-corrected chi connectivity index (χ2v) is 4.71. The number of carbonyl (C=O) groups is 1. The molecule has 8 heteroatoms. The Morgan fingerprint density at radius 1 is 1.48 bits per heavy atom. The molecule has 0 spiro atoms. The van der Waals surface area contributed by atoms with Crippen LogP contribution in [0.4, 0.5) is 0 Å². The average molecular weight is 288 g/mol. The number of aromatic nitrogens is 4. The molecule has 0 fully saturated rings. The molecule has 0 radical (unpaired) electrons. The van der Waals surface area contributed by atoms with Crippen LogP contribution in [0, 0.1) is 6.92 Å². The molecule has 1 N–H and O–H groups in total. The lowest BCUT2D eigenvalue weighted by Crippen LogP contribution is -2.20. The van der Waals surface area contributed by atoms with Crippen LogP contribution in [0.1, 0.15) is 21.9 Å². The van der Waals surface area contributed by atoms with Crippen LogP contribution in [0.15, 0.2) is 27.8 Å². The lowest BCUT2D eigenvalue weighted by atomic mass is 10.2. The predicted octanol–water partition coefficient (Wildman–Crippen LogP) is 0.778. The van der Waals surface area contributed by atoms with Gasteiger partial charge in [-0.05, 0) is 13.0 Å². The molecular weight excluding hydrogens is 276 g/mol. The molecule has 21 heavy (non-hydrogen) atoms. The Balaban J connectivity index is 2.02. The molecule has 3 rings (SSSR count). The Morgan fingerprint density at radius 3 is 2.90 bits per heavy atom. The summed E-state index contributed by atoms with van der Waals surface area (Å²) in [5, 5.41) is 13.3. The van der Waals surface area contributed by atoms with Gasteiger partial charge in [0.2, 0.25) is 5.76 Å². The van der Waals surface area contributed by atoms with Gasteiger partial charge in [0.15, 0.2) is 5.65 Å². The predicted molar refractivity (Wildman–Crippen MR) is 72.3 cm³/mol. The van der Waals surface area contributed by atoms with Gasteiger partial charge >= 0.3 is 5.97 Å². The van der Waals surface area contributed by atoms with Gasteiger partial charge in [0.25, 0.3) is 5.56 Å². The van der Waals surface area contributed by atoms with Crippen molar-refractivity contribution in [2.45, 2.75) is 13.5 Å². The van der Waals surface area contributed by atoms with E-state index < -0.39 is 5.97 Å². The van der Waals surface area contributed by atoms with Crippen LogP contribution in [-0.2, 0) is 13.6 Å². The number of carboxylic acids is 1. The van der Waals surface area contributed by atoms with Crippen LogP contribution in [0.5, 0.6) is 0 Å². The number of rotatable bonds is 3. The molecule has 0 saturated carbocycles. The van der Waals surface area contributed by atoms with E-state index in [2.05, 4.69) is 10.1 Å². The Hall–Kier alpha value is -2.90. The average Bonchev–Trinajstić information content (AvgIpc) is 2.97. The van der Waals surface area contributed by atoms with E-state index >= 15 is 0 Å². The van der Waals surface area contributed by atoms with E-state index in [1.807, 2.05) is 0 Å². The highest BCUT2D eigenvalue weighted by atomic mass is 16.4. The molecule has 0 aliphatic rings. The topological polar surface area (TPSA) is 103 Å². The molecule has 8 nitrogen and oxygen atoms in total. The number of furan rings is 1. The fraction of sp³-hybridized carbons (Fsp3) is 0.231. The summed E-state index contributed by atoms with van der Waals surface area (Å²) in [4.78, 5) is 27.4. The summed E-state index contributed by atoms with van der Waals surface area (Å²) in [6.07, 6.45) is 2.85. The SMILES string of the molecule is Cc1cc(Cn2cnc3c(cnn3C)c2=O)oc1C(=O)O. The van der Waals surface area contributed by atoms with Gasteiger partial charge in [-0.25, -0.2) is 9.78 Å². The van der Waals surface area contributed by atoms with Gasteiger partial charge in [-0.15, -0.1) is 0 Å². The largest absolute Gasteiger partial charge is 0.475 e. The standard InChI is InChI=1S/C13H12N4O4/c1-7-3-8(21-10(7)13(19)20)5-17-6-14-11-9(12(17)18)4-15-16(11)2/h3-4,6H,5H2,1-2H3,(H,19,20). The molecule has 3 heterocycles. The smallest absolute Gasteiger partial charge is 0.372 e. The number of hydrogen-bond acceptors (Lipinski definition) is 5. The van der Waals surface area contributed by atoms with Crippen LogP contribution < -0.4 is 5.56 Å². The van der Waals surface area contributed by atoms with Crippen LogP contribution in [0.2, 0.25) is 0 Å². The molecule has 0 atom stereocenters. The first-order chi connectivity index (χ1) is 9.97. The van der Waals surface area contributed by atoms with Crippen molar-refractivity contribution >= 4 is 17.0 Å². The van der Waals surface area contributed by atoms with Gasteiger partial charge in [-0.3, -0.25) is 14.0 Å². The molecule has 0 amide bonds. The van der Waals surface area contributed by atoms with Crippen molar-refractivity contribution < 1.29 is 14.3 Å². The maximum atomic E-state index is 12.3. The third-order valence-corrected chi connectivity index (χ3v) is 3.21. The lowest BCUT2D eigenvalue weighted by molar-refractivity contribution is 0.0659. The Kier molecular flexibility index (Phi) is 2.86. The lowest BCUT2D eigenvalue weighted by Gasteiger charge is -2.02. The normalized spacial score (nSPS) is 11.1. The fourth-order valence-electron chi connectivity index (χ4n) is 2.19. The van der Waals surface area contributed by atoms with E-state index in [0.717, 1.165) is 0 Å². The highest BCUT2D eigenvalue weighted by Crippen LogP contribution is 2.15. The third kappa shape index (κ3) is 2.10. The van der Waals surface area contributed by atoms with E-state index in [1.54, 1.807) is 20.0 Å². The molecule has 0 unspecified atom stereocenters. The van der Waals surface area contributed by atoms with E-state index in [9.17, 15) is 9.59 Å². The van der Waals surface area contributed by atoms with Crippen LogP contribution in [0.3, 0.4) is 0 Å². The maximum Gasteiger partial charge on any atom is 0.372 e. The molecule has 0 aromatic carbocycles. The zero-order valence-corrected chi connectivity index (χ0v) is 11.4. The molecule has 0 aliphatic carbocycles. The van der Waals surface area contributed by atoms with Crippen molar-refractivity contribution in [1.82, 2.24) is 19.3 Å². The minimum absolute atomic E-state index is 0.116. The van der Waals surface area contributed by atoms with Crippen LogP contribution in [0.25, 0.3) is 11.0 Å². The first-order valence-electron chi connectivity index (χ1n) is 6.17. The number of fused-ring (bicyclic) bond motifs is 1. The minimum Gasteiger partial charge on any atom is -0.475 e. The Morgan fingerprint density at radius 2 is 2.24 bits per heavy atom. The third-order valence-electron chi connectivity index (χ3n) is 3.21. The molecule has 108 valence electrons.